The Morgan fingerprint density at radius 2 is 2.50 bits per heavy atom. The summed E-state index contributed by atoms with van der Waals surface area (Å²) in [5.74, 6) is 0. The van der Waals surface area contributed by atoms with Crippen molar-refractivity contribution in [1.82, 2.24) is 4.98 Å². The monoisotopic (exact) mass is 212 g/mol. The van der Waals surface area contributed by atoms with Gasteiger partial charge in [0.1, 0.15) is 0 Å². The number of hydrogen-bond donors (Lipinski definition) is 0. The number of nitrogens with zero attached hydrogens (tertiary/aromatic N) is 1. The van der Waals surface area contributed by atoms with Crippen LogP contribution in [-0.4, -0.2) is 4.98 Å². The Morgan fingerprint density at radius 3 is 3.30 bits per heavy atom. The minimum Gasteiger partial charge on any atom is -0.243 e. The van der Waals surface area contributed by atoms with Gasteiger partial charge < -0.3 is 0 Å². The Kier molecular flexibility index (Phi) is 1.47. The number of halogens is 1. The smallest absolute Gasteiger partial charge is 0.0960 e. The molecule has 0 N–H and O–H groups in total. The molecule has 0 unspecified atom stereocenters. The maximum Gasteiger partial charge on any atom is 0.0960 e. The number of hydrogen-bond acceptors (Lipinski definition) is 2. The zero-order chi connectivity index (χ0) is 6.97. The van der Waals surface area contributed by atoms with Crippen molar-refractivity contribution in [3.8, 4) is 0 Å². The van der Waals surface area contributed by atoms with E-state index in [1.807, 2.05) is 17.6 Å². The van der Waals surface area contributed by atoms with Gasteiger partial charge in [-0.05, 0) is 28.1 Å². The first-order valence-electron chi connectivity index (χ1n) is 2.77. The largest absolute Gasteiger partial charge is 0.243 e. The Hall–Kier alpha value is -0.410. The van der Waals surface area contributed by atoms with E-state index in [0.717, 1.165) is 9.99 Å². The van der Waals surface area contributed by atoms with Crippen molar-refractivity contribution >= 4 is 37.5 Å². The average Bonchev–Trinajstić information content (AvgIpc) is 2.36. The van der Waals surface area contributed by atoms with Crippen molar-refractivity contribution in [2.75, 3.05) is 0 Å². The Morgan fingerprint density at radius 1 is 1.60 bits per heavy atom. The topological polar surface area (TPSA) is 12.9 Å². The second-order valence-electron chi connectivity index (χ2n) is 1.86. The predicted octanol–water partition coefficient (Wildman–Crippen LogP) is 2.86. The van der Waals surface area contributed by atoms with Gasteiger partial charge in [-0.3, -0.25) is 0 Å². The molecule has 2 rings (SSSR count). The molecule has 0 amide bonds. The van der Waals surface area contributed by atoms with Gasteiger partial charge in [0, 0.05) is 0 Å². The minimum atomic E-state index is 0.950. The third kappa shape index (κ3) is 0.859. The molecule has 0 aliphatic rings. The quantitative estimate of drug-likeness (QED) is 0.655. The summed E-state index contributed by atoms with van der Waals surface area (Å²) in [6, 6.07) is 6.93. The van der Waals surface area contributed by atoms with Crippen molar-refractivity contribution in [2.24, 2.45) is 0 Å². The fourth-order valence-electron chi connectivity index (χ4n) is 0.797. The molecule has 0 fully saturated rings. The normalized spacial score (nSPS) is 10.5. The van der Waals surface area contributed by atoms with Crippen LogP contribution in [0.15, 0.2) is 22.1 Å². The molecule has 49 valence electrons. The highest BCUT2D eigenvalue weighted by Crippen LogP contribution is 2.24. The molecule has 0 aliphatic carbocycles. The Labute approximate surface area is 70.8 Å². The lowest BCUT2D eigenvalue weighted by molar-refractivity contribution is 1.48. The van der Waals surface area contributed by atoms with Crippen LogP contribution in [0.25, 0.3) is 10.2 Å². The first-order valence-corrected chi connectivity index (χ1v) is 4.44. The standard InChI is InChI=1S/C7H3BrNS/c8-5-2-1-3-6-7(5)9-4-10-6/h1,3-4H. The zero-order valence-electron chi connectivity index (χ0n) is 4.97. The molecular formula is C7H3BrNS. The van der Waals surface area contributed by atoms with Crippen molar-refractivity contribution in [3.63, 3.8) is 0 Å². The van der Waals surface area contributed by atoms with Gasteiger partial charge in [0.2, 0.25) is 0 Å². The number of rotatable bonds is 0. The summed E-state index contributed by atoms with van der Waals surface area (Å²) in [5, 5.41) is 0. The van der Waals surface area contributed by atoms with E-state index in [4.69, 9.17) is 0 Å². The van der Waals surface area contributed by atoms with Crippen LogP contribution in [0.4, 0.5) is 0 Å². The van der Waals surface area contributed by atoms with Crippen molar-refractivity contribution in [2.45, 2.75) is 0 Å². The third-order valence-corrected chi connectivity index (χ3v) is 2.65. The van der Waals surface area contributed by atoms with Gasteiger partial charge in [-0.2, -0.15) is 0 Å². The van der Waals surface area contributed by atoms with Gasteiger partial charge >= 0.3 is 0 Å². The molecule has 0 saturated heterocycles. The molecule has 1 aromatic carbocycles. The molecule has 1 nitrogen and oxygen atoms in total. The number of benzene rings is 1. The van der Waals surface area contributed by atoms with Crippen LogP contribution in [0, 0.1) is 6.07 Å². The average molecular weight is 213 g/mol. The SMILES string of the molecule is Brc1[c]ccc2scnc12. The van der Waals surface area contributed by atoms with E-state index in [9.17, 15) is 0 Å². The maximum atomic E-state index is 4.16. The van der Waals surface area contributed by atoms with Gasteiger partial charge in [0.25, 0.3) is 0 Å². The highest BCUT2D eigenvalue weighted by atomic mass is 79.9. The zero-order valence-corrected chi connectivity index (χ0v) is 7.37. The van der Waals surface area contributed by atoms with Gasteiger partial charge in [-0.15, -0.1) is 11.3 Å². The van der Waals surface area contributed by atoms with Gasteiger partial charge in [-0.1, -0.05) is 6.07 Å². The molecule has 1 radical (unpaired) electrons. The van der Waals surface area contributed by atoms with Crippen LogP contribution in [0.5, 0.6) is 0 Å². The summed E-state index contributed by atoms with van der Waals surface area (Å²) < 4.78 is 2.15. The lowest BCUT2D eigenvalue weighted by Gasteiger charge is -1.87. The number of aromatic nitrogens is 1. The molecule has 0 spiro atoms. The molecule has 10 heavy (non-hydrogen) atoms. The van der Waals surface area contributed by atoms with E-state index in [-0.39, 0.29) is 0 Å². The molecular weight excluding hydrogens is 210 g/mol. The lowest BCUT2D eigenvalue weighted by atomic mass is 10.3. The fourth-order valence-corrected chi connectivity index (χ4v) is 2.06. The van der Waals surface area contributed by atoms with E-state index in [1.54, 1.807) is 11.3 Å². The van der Waals surface area contributed by atoms with E-state index < -0.39 is 0 Å². The number of fused-ring (bicyclic) bond motifs is 1. The van der Waals surface area contributed by atoms with Crippen LogP contribution < -0.4 is 0 Å². The van der Waals surface area contributed by atoms with Gasteiger partial charge in [0.15, 0.2) is 0 Å². The van der Waals surface area contributed by atoms with Crippen LogP contribution in [0.2, 0.25) is 0 Å². The second kappa shape index (κ2) is 2.32. The van der Waals surface area contributed by atoms with Crippen LogP contribution in [0.1, 0.15) is 0 Å². The fraction of sp³-hybridized carbons (Fsp3) is 0. The molecule has 0 aliphatic heterocycles. The van der Waals surface area contributed by atoms with Gasteiger partial charge in [-0.25, -0.2) is 4.98 Å². The molecule has 3 heteroatoms. The summed E-state index contributed by atoms with van der Waals surface area (Å²) in [6.07, 6.45) is 0. The van der Waals surface area contributed by atoms with Crippen LogP contribution in [-0.2, 0) is 0 Å². The molecule has 2 aromatic rings. The summed E-state index contributed by atoms with van der Waals surface area (Å²) >= 11 is 5.00. The molecule has 1 aromatic heterocycles. The van der Waals surface area contributed by atoms with E-state index >= 15 is 0 Å². The summed E-state index contributed by atoms with van der Waals surface area (Å²) in [6.45, 7) is 0. The van der Waals surface area contributed by atoms with Gasteiger partial charge in [0.05, 0.1) is 20.2 Å². The molecule has 0 bridgehead atoms. The third-order valence-electron chi connectivity index (χ3n) is 1.25. The highest BCUT2D eigenvalue weighted by molar-refractivity contribution is 9.10. The number of thiazole rings is 1. The molecule has 1 heterocycles. The highest BCUT2D eigenvalue weighted by Gasteiger charge is 1.98. The Bertz CT molecular complexity index is 355. The Balaban J connectivity index is 2.95. The van der Waals surface area contributed by atoms with E-state index in [0.29, 0.717) is 0 Å². The van der Waals surface area contributed by atoms with E-state index in [2.05, 4.69) is 27.0 Å². The predicted molar refractivity (Wildman–Crippen MR) is 46.2 cm³/mol. The summed E-state index contributed by atoms with van der Waals surface area (Å²) in [7, 11) is 0. The van der Waals surface area contributed by atoms with E-state index in [1.165, 1.54) is 4.70 Å². The first kappa shape index (κ1) is 6.31. The van der Waals surface area contributed by atoms with Crippen molar-refractivity contribution in [3.05, 3.63) is 28.2 Å². The molecule has 0 atom stereocenters. The second-order valence-corrected chi connectivity index (χ2v) is 3.54. The first-order chi connectivity index (χ1) is 4.88. The van der Waals surface area contributed by atoms with Crippen LogP contribution >= 0.6 is 27.3 Å². The van der Waals surface area contributed by atoms with Crippen LogP contribution in [0.3, 0.4) is 0 Å². The minimum absolute atomic E-state index is 0.950. The maximum absolute atomic E-state index is 4.16. The summed E-state index contributed by atoms with van der Waals surface area (Å²) in [4.78, 5) is 4.16. The van der Waals surface area contributed by atoms with Crippen molar-refractivity contribution < 1.29 is 0 Å². The van der Waals surface area contributed by atoms with Crippen molar-refractivity contribution in [1.29, 1.82) is 0 Å². The summed E-state index contributed by atoms with van der Waals surface area (Å²) in [5.41, 5.74) is 2.84. The molecule has 0 saturated carbocycles. The lowest BCUT2D eigenvalue weighted by Crippen LogP contribution is -1.68.